The van der Waals surface area contributed by atoms with Gasteiger partial charge in [0.1, 0.15) is 17.9 Å². The van der Waals surface area contributed by atoms with Gasteiger partial charge in [0.15, 0.2) is 6.10 Å². The summed E-state index contributed by atoms with van der Waals surface area (Å²) in [5, 5.41) is 16.6. The van der Waals surface area contributed by atoms with Crippen molar-refractivity contribution in [1.82, 2.24) is 10.6 Å². The van der Waals surface area contributed by atoms with Gasteiger partial charge in [0.05, 0.1) is 30.0 Å². The van der Waals surface area contributed by atoms with Crippen molar-refractivity contribution in [3.63, 3.8) is 0 Å². The van der Waals surface area contributed by atoms with Gasteiger partial charge >= 0.3 is 11.9 Å². The van der Waals surface area contributed by atoms with Crippen molar-refractivity contribution < 1.29 is 38.5 Å². The molecule has 53 heavy (non-hydrogen) atoms. The van der Waals surface area contributed by atoms with E-state index >= 15 is 0 Å². The Morgan fingerprint density at radius 1 is 0.887 bits per heavy atom. The molecule has 1 aliphatic heterocycles. The lowest BCUT2D eigenvalue weighted by atomic mass is 9.90. The van der Waals surface area contributed by atoms with Crippen LogP contribution in [0.5, 0.6) is 5.75 Å². The Morgan fingerprint density at radius 2 is 1.57 bits per heavy atom. The van der Waals surface area contributed by atoms with E-state index in [1.165, 1.54) is 19.3 Å². The van der Waals surface area contributed by atoms with E-state index in [0.29, 0.717) is 21.9 Å². The molecule has 0 aromatic heterocycles. The Labute approximate surface area is 321 Å². The maximum Gasteiger partial charge on any atom is 0.347 e. The Balaban J connectivity index is 1.68. The van der Waals surface area contributed by atoms with Crippen LogP contribution >= 0.6 is 23.2 Å². The Kier molecular flexibility index (Phi) is 15.8. The smallest absolute Gasteiger partial charge is 0.347 e. The number of carbonyl (C=O) groups excluding carboxylic acids is 4. The normalized spacial score (nSPS) is 22.2. The Bertz CT molecular complexity index is 1700. The number of benzene rings is 3. The van der Waals surface area contributed by atoms with Crippen LogP contribution in [0.2, 0.25) is 5.02 Å². The molecule has 12 heteroatoms. The van der Waals surface area contributed by atoms with E-state index in [2.05, 4.69) is 10.6 Å². The molecule has 0 radical (unpaired) electrons. The van der Waals surface area contributed by atoms with Crippen LogP contribution in [0, 0.1) is 11.8 Å². The second kappa shape index (κ2) is 20.2. The zero-order valence-corrected chi connectivity index (χ0v) is 31.9. The summed E-state index contributed by atoms with van der Waals surface area (Å²) in [5.74, 6) is -2.90. The summed E-state index contributed by atoms with van der Waals surface area (Å²) in [7, 11) is 1.50. The van der Waals surface area contributed by atoms with Crippen molar-refractivity contribution in [3.8, 4) is 5.75 Å². The van der Waals surface area contributed by atoms with Gasteiger partial charge in [0.2, 0.25) is 11.8 Å². The third kappa shape index (κ3) is 12.6. The number of ether oxygens (including phenoxy) is 3. The molecule has 2 amide bonds. The van der Waals surface area contributed by atoms with Crippen LogP contribution < -0.4 is 15.4 Å². The zero-order chi connectivity index (χ0) is 38.5. The van der Waals surface area contributed by atoms with Crippen LogP contribution in [0.3, 0.4) is 0 Å². The number of esters is 2. The lowest BCUT2D eigenvalue weighted by Gasteiger charge is -2.31. The van der Waals surface area contributed by atoms with Gasteiger partial charge in [-0.05, 0) is 53.7 Å². The third-order valence-electron chi connectivity index (χ3n) is 9.04. The molecule has 0 saturated carbocycles. The summed E-state index contributed by atoms with van der Waals surface area (Å²) < 4.78 is 17.0. The summed E-state index contributed by atoms with van der Waals surface area (Å²) in [4.78, 5) is 54.6. The molecular weight excluding hydrogens is 719 g/mol. The number of amides is 2. The molecular formula is C41H48Cl2N2O8. The number of nitrogens with one attached hydrogen (secondary N) is 2. The first-order valence-electron chi connectivity index (χ1n) is 17.7. The van der Waals surface area contributed by atoms with Gasteiger partial charge < -0.3 is 30.0 Å². The van der Waals surface area contributed by atoms with E-state index < -0.39 is 65.4 Å². The summed E-state index contributed by atoms with van der Waals surface area (Å²) >= 11 is 13.1. The molecule has 1 aliphatic rings. The SMILES string of the molecule is COc1ccc(C[C@H]2NC(=O)C=CC[C@@H]([C@H](C)[C@H](O)[C@H](Cl)c3ccccc3)OC(=O)[C@H](CC(C)C)OC(=O)C[C@@H](Cc3ccccc3)NC2=O)cc1Cl. The molecule has 3 aromatic rings. The quantitative estimate of drug-likeness (QED) is 0.153. The average molecular weight is 768 g/mol. The van der Waals surface area contributed by atoms with Crippen LogP contribution in [-0.4, -0.2) is 66.4 Å². The van der Waals surface area contributed by atoms with E-state index in [1.807, 2.05) is 62.4 Å². The van der Waals surface area contributed by atoms with Crippen molar-refractivity contribution in [2.75, 3.05) is 7.11 Å². The van der Waals surface area contributed by atoms with E-state index in [0.717, 1.165) is 5.56 Å². The van der Waals surface area contributed by atoms with Crippen LogP contribution in [0.25, 0.3) is 0 Å². The van der Waals surface area contributed by atoms with E-state index in [4.69, 9.17) is 37.4 Å². The van der Waals surface area contributed by atoms with Gasteiger partial charge in [0.25, 0.3) is 0 Å². The van der Waals surface area contributed by atoms with Crippen LogP contribution in [0.15, 0.2) is 91.0 Å². The maximum atomic E-state index is 14.0. The number of hydrogen-bond acceptors (Lipinski definition) is 8. The van der Waals surface area contributed by atoms with Gasteiger partial charge in [-0.1, -0.05) is 105 Å². The molecule has 0 aliphatic carbocycles. The largest absolute Gasteiger partial charge is 0.495 e. The second-order valence-corrected chi connectivity index (χ2v) is 14.6. The van der Waals surface area contributed by atoms with Gasteiger partial charge in [0, 0.05) is 24.8 Å². The fraction of sp³-hybridized carbons (Fsp3) is 0.415. The molecule has 10 nitrogen and oxygen atoms in total. The van der Waals surface area contributed by atoms with Crippen molar-refractivity contribution >= 4 is 47.0 Å². The fourth-order valence-electron chi connectivity index (χ4n) is 6.13. The number of carbonyl (C=O) groups is 4. The fourth-order valence-corrected chi connectivity index (χ4v) is 6.78. The standard InChI is InChI=1S/C41H48Cl2N2O8/c1-25(2)20-35-41(50)53-33(26(3)39(48)38(43)29-14-9-6-10-15-29)16-11-17-36(46)45-32(23-28-18-19-34(51-4)31(42)22-28)40(49)44-30(24-37(47)52-35)21-27-12-7-5-8-13-27/h5-15,17-19,22,25-26,30,32-33,35,38-39,48H,16,20-21,23-24H2,1-4H3,(H,44,49)(H,45,46)/t26-,30+,32+,33-,35-,38+,39-/m0/s1. The highest BCUT2D eigenvalue weighted by molar-refractivity contribution is 6.32. The van der Waals surface area contributed by atoms with Gasteiger partial charge in [-0.3, -0.25) is 14.4 Å². The lowest BCUT2D eigenvalue weighted by Crippen LogP contribution is -2.51. The van der Waals surface area contributed by atoms with Crippen molar-refractivity contribution in [1.29, 1.82) is 0 Å². The summed E-state index contributed by atoms with van der Waals surface area (Å²) in [6, 6.07) is 21.6. The molecule has 3 aromatic carbocycles. The summed E-state index contributed by atoms with van der Waals surface area (Å²) in [6.45, 7) is 5.47. The molecule has 0 spiro atoms. The number of halogens is 2. The summed E-state index contributed by atoms with van der Waals surface area (Å²) in [6.07, 6.45) is -0.318. The highest BCUT2D eigenvalue weighted by atomic mass is 35.5. The zero-order valence-electron chi connectivity index (χ0n) is 30.4. The number of cyclic esters (lactones) is 2. The van der Waals surface area contributed by atoms with Crippen molar-refractivity contribution in [2.45, 2.75) is 88.6 Å². The average Bonchev–Trinajstić information content (AvgIpc) is 3.13. The minimum absolute atomic E-state index is 0.0161. The molecule has 4 rings (SSSR count). The number of aliphatic hydroxyl groups excluding tert-OH is 1. The summed E-state index contributed by atoms with van der Waals surface area (Å²) in [5.41, 5.74) is 2.20. The molecule has 0 fully saturated rings. The Morgan fingerprint density at radius 3 is 2.21 bits per heavy atom. The number of rotatable bonds is 11. The molecule has 0 bridgehead atoms. The number of methoxy groups -OCH3 is 1. The van der Waals surface area contributed by atoms with Crippen LogP contribution in [-0.2, 0) is 41.5 Å². The molecule has 284 valence electrons. The van der Waals surface area contributed by atoms with Crippen LogP contribution in [0.4, 0.5) is 0 Å². The predicted molar refractivity (Wildman–Crippen MR) is 204 cm³/mol. The monoisotopic (exact) mass is 766 g/mol. The number of aliphatic hydroxyl groups is 1. The first-order valence-corrected chi connectivity index (χ1v) is 18.6. The second-order valence-electron chi connectivity index (χ2n) is 13.7. The van der Waals surface area contributed by atoms with E-state index in [-0.39, 0.29) is 38.0 Å². The van der Waals surface area contributed by atoms with Gasteiger partial charge in [-0.15, -0.1) is 11.6 Å². The van der Waals surface area contributed by atoms with E-state index in [1.54, 1.807) is 37.3 Å². The third-order valence-corrected chi connectivity index (χ3v) is 9.85. The first-order chi connectivity index (χ1) is 25.3. The number of hydrogen-bond donors (Lipinski definition) is 3. The Hall–Kier alpha value is -4.38. The maximum absolute atomic E-state index is 14.0. The lowest BCUT2D eigenvalue weighted by molar-refractivity contribution is -0.176. The van der Waals surface area contributed by atoms with Gasteiger partial charge in [-0.25, -0.2) is 4.79 Å². The minimum Gasteiger partial charge on any atom is -0.495 e. The molecule has 1 heterocycles. The van der Waals surface area contributed by atoms with Crippen LogP contribution in [0.1, 0.15) is 62.1 Å². The predicted octanol–water partition coefficient (Wildman–Crippen LogP) is 6.30. The molecule has 3 N–H and O–H groups in total. The van der Waals surface area contributed by atoms with Crippen molar-refractivity contribution in [3.05, 3.63) is 113 Å². The molecule has 7 atom stereocenters. The highest BCUT2D eigenvalue weighted by Gasteiger charge is 2.36. The number of alkyl halides is 1. The highest BCUT2D eigenvalue weighted by Crippen LogP contribution is 2.32. The minimum atomic E-state index is -1.25. The topological polar surface area (TPSA) is 140 Å². The first kappa shape index (κ1) is 41.4. The van der Waals surface area contributed by atoms with E-state index in [9.17, 15) is 24.3 Å². The van der Waals surface area contributed by atoms with Gasteiger partial charge in [-0.2, -0.15) is 0 Å². The molecule has 0 unspecified atom stereocenters. The van der Waals surface area contributed by atoms with Crippen molar-refractivity contribution in [2.24, 2.45) is 11.8 Å². The molecule has 0 saturated heterocycles.